The number of benzene rings is 2. The molecule has 3 heterocycles. The van der Waals surface area contributed by atoms with Gasteiger partial charge in [-0.3, -0.25) is 14.5 Å². The molecule has 2 fully saturated rings. The van der Waals surface area contributed by atoms with Gasteiger partial charge in [0.2, 0.25) is 11.8 Å². The molecule has 2 aromatic carbocycles. The van der Waals surface area contributed by atoms with Gasteiger partial charge in [0, 0.05) is 37.0 Å². The number of hydrogen-bond donors (Lipinski definition) is 2. The van der Waals surface area contributed by atoms with Crippen LogP contribution in [0.2, 0.25) is 0 Å². The van der Waals surface area contributed by atoms with Gasteiger partial charge in [-0.25, -0.2) is 4.79 Å². The Hall–Kier alpha value is -4.07. The van der Waals surface area contributed by atoms with E-state index in [2.05, 4.69) is 28.2 Å². The molecule has 1 aliphatic carbocycles. The Morgan fingerprint density at radius 1 is 1.19 bits per heavy atom. The first-order chi connectivity index (χ1) is 17.4. The number of nitrogens with zero attached hydrogens (tertiary/aromatic N) is 2. The molecule has 2 aromatic rings. The molecule has 8 heteroatoms. The Kier molecular flexibility index (Phi) is 5.14. The first-order valence-corrected chi connectivity index (χ1v) is 12.3. The number of carbonyl (C=O) groups is 3. The number of fused-ring (bicyclic) bond motifs is 5. The summed E-state index contributed by atoms with van der Waals surface area (Å²) in [5.41, 5.74) is 4.73. The highest BCUT2D eigenvalue weighted by Crippen LogP contribution is 2.49. The molecule has 1 spiro atoms. The number of rotatable bonds is 4. The molecule has 0 radical (unpaired) electrons. The van der Waals surface area contributed by atoms with E-state index < -0.39 is 5.41 Å². The van der Waals surface area contributed by atoms with E-state index in [1.54, 1.807) is 13.1 Å². The molecule has 1 unspecified atom stereocenters. The summed E-state index contributed by atoms with van der Waals surface area (Å²) in [6.45, 7) is 5.25. The molecule has 4 aliphatic rings. The van der Waals surface area contributed by atoms with Gasteiger partial charge in [-0.05, 0) is 54.2 Å². The molecule has 2 saturated heterocycles. The van der Waals surface area contributed by atoms with Crippen molar-refractivity contribution < 1.29 is 19.1 Å². The molecule has 0 aromatic heterocycles. The lowest BCUT2D eigenvalue weighted by molar-refractivity contribution is -0.139. The van der Waals surface area contributed by atoms with E-state index >= 15 is 0 Å². The van der Waals surface area contributed by atoms with Gasteiger partial charge in [0.1, 0.15) is 5.75 Å². The highest BCUT2D eigenvalue weighted by Gasteiger charge is 2.55. The van der Waals surface area contributed by atoms with Gasteiger partial charge in [-0.15, -0.1) is 0 Å². The second-order valence-electron chi connectivity index (χ2n) is 9.88. The number of hydrogen-bond acceptors (Lipinski definition) is 5. The summed E-state index contributed by atoms with van der Waals surface area (Å²) >= 11 is 0. The first kappa shape index (κ1) is 22.4. The van der Waals surface area contributed by atoms with Crippen LogP contribution in [0.15, 0.2) is 66.6 Å². The maximum atomic E-state index is 13.8. The molecular weight excluding hydrogens is 456 g/mol. The number of para-hydroxylation sites is 1. The van der Waals surface area contributed by atoms with Crippen molar-refractivity contribution in [2.45, 2.75) is 37.1 Å². The lowest BCUT2D eigenvalue weighted by atomic mass is 9.80. The van der Waals surface area contributed by atoms with Crippen molar-refractivity contribution in [3.8, 4) is 5.75 Å². The van der Waals surface area contributed by atoms with Crippen molar-refractivity contribution in [2.75, 3.05) is 25.5 Å². The average molecular weight is 485 g/mol. The highest BCUT2D eigenvalue weighted by atomic mass is 16.5. The van der Waals surface area contributed by atoms with Gasteiger partial charge < -0.3 is 20.3 Å². The molecule has 184 valence electrons. The normalized spacial score (nSPS) is 23.7. The summed E-state index contributed by atoms with van der Waals surface area (Å²) in [5, 5.41) is 5.31. The van der Waals surface area contributed by atoms with Gasteiger partial charge in [-0.2, -0.15) is 0 Å². The second-order valence-corrected chi connectivity index (χ2v) is 9.88. The van der Waals surface area contributed by atoms with Gasteiger partial charge >= 0.3 is 6.03 Å². The van der Waals surface area contributed by atoms with Gasteiger partial charge in [0.25, 0.3) is 0 Å². The van der Waals surface area contributed by atoms with Crippen LogP contribution in [0.1, 0.15) is 42.0 Å². The van der Waals surface area contributed by atoms with E-state index in [0.717, 1.165) is 41.1 Å². The fourth-order valence-corrected chi connectivity index (χ4v) is 6.16. The highest BCUT2D eigenvalue weighted by molar-refractivity contribution is 6.10. The average Bonchev–Trinajstić information content (AvgIpc) is 3.55. The minimum absolute atomic E-state index is 0.0164. The molecule has 2 atom stereocenters. The van der Waals surface area contributed by atoms with Gasteiger partial charge in [0.15, 0.2) is 0 Å². The number of ether oxygens (including phenoxy) is 1. The maximum Gasteiger partial charge on any atom is 0.318 e. The monoisotopic (exact) mass is 484 g/mol. The van der Waals surface area contributed by atoms with Crippen LogP contribution < -0.4 is 15.4 Å². The van der Waals surface area contributed by atoms with Crippen molar-refractivity contribution >= 4 is 23.5 Å². The summed E-state index contributed by atoms with van der Waals surface area (Å²) in [7, 11) is 1.56. The summed E-state index contributed by atoms with van der Waals surface area (Å²) in [6.07, 6.45) is 4.11. The number of aryl methyl sites for hydroxylation is 1. The Bertz CT molecular complexity index is 1350. The van der Waals surface area contributed by atoms with Gasteiger partial charge in [-0.1, -0.05) is 30.8 Å². The molecular formula is C28H28N4O4. The second kappa shape index (κ2) is 8.26. The van der Waals surface area contributed by atoms with Crippen LogP contribution >= 0.6 is 0 Å². The summed E-state index contributed by atoms with van der Waals surface area (Å²) in [5.74, 6) is 0.511. The number of urea groups is 1. The van der Waals surface area contributed by atoms with Crippen LogP contribution in [-0.2, 0) is 21.4 Å². The first-order valence-electron chi connectivity index (χ1n) is 12.3. The van der Waals surface area contributed by atoms with Crippen LogP contribution in [0, 0.1) is 0 Å². The van der Waals surface area contributed by atoms with E-state index in [4.69, 9.17) is 4.74 Å². The topological polar surface area (TPSA) is 91.0 Å². The molecule has 0 saturated carbocycles. The van der Waals surface area contributed by atoms with E-state index in [0.29, 0.717) is 18.5 Å². The molecule has 36 heavy (non-hydrogen) atoms. The van der Waals surface area contributed by atoms with E-state index in [-0.39, 0.29) is 36.9 Å². The Balaban J connectivity index is 1.22. The van der Waals surface area contributed by atoms with Crippen LogP contribution in [0.25, 0.3) is 0 Å². The van der Waals surface area contributed by atoms with Crippen LogP contribution in [0.5, 0.6) is 5.75 Å². The zero-order chi connectivity index (χ0) is 25.0. The predicted octanol–water partition coefficient (Wildman–Crippen LogP) is 3.62. The number of amides is 4. The van der Waals surface area contributed by atoms with E-state index in [9.17, 15) is 14.4 Å². The third-order valence-corrected chi connectivity index (χ3v) is 7.94. The Morgan fingerprint density at radius 3 is 2.86 bits per heavy atom. The van der Waals surface area contributed by atoms with E-state index in [1.807, 2.05) is 36.6 Å². The third-order valence-electron chi connectivity index (χ3n) is 7.94. The van der Waals surface area contributed by atoms with Gasteiger partial charge in [0.05, 0.1) is 24.3 Å². The SMILES string of the molecule is C=C(CN1C(=O)C[C@@]2(CCc3cc(NC(=O)NC)ccc32)C1=O)N1CCC2=COc3ccccc3C21. The molecule has 0 bridgehead atoms. The van der Waals surface area contributed by atoms with Crippen molar-refractivity contribution in [1.29, 1.82) is 0 Å². The van der Waals surface area contributed by atoms with Crippen molar-refractivity contribution in [3.05, 3.63) is 83.3 Å². The lowest BCUT2D eigenvalue weighted by Gasteiger charge is -2.33. The quantitative estimate of drug-likeness (QED) is 0.647. The zero-order valence-electron chi connectivity index (χ0n) is 20.2. The number of anilines is 1. The number of imide groups is 1. The molecule has 4 amide bonds. The lowest BCUT2D eigenvalue weighted by Crippen LogP contribution is -2.40. The van der Waals surface area contributed by atoms with Crippen LogP contribution in [-0.4, -0.2) is 47.8 Å². The van der Waals surface area contributed by atoms with Crippen molar-refractivity contribution in [2.24, 2.45) is 0 Å². The third kappa shape index (κ3) is 3.31. The van der Waals surface area contributed by atoms with Crippen LogP contribution in [0.3, 0.4) is 0 Å². The van der Waals surface area contributed by atoms with E-state index in [1.165, 1.54) is 10.5 Å². The summed E-state index contributed by atoms with van der Waals surface area (Å²) in [6, 6.07) is 13.2. The number of likely N-dealkylation sites (tertiary alicyclic amines) is 2. The standard InChI is InChI=1S/C28H28N4O4/c1-17(31-12-10-19-16-36-23-6-4-3-5-21(23)25(19)31)15-32-24(33)14-28(26(32)34)11-9-18-13-20(7-8-22(18)28)30-27(35)29-2/h3-8,13,16,25H,1,9-12,14-15H2,2H3,(H2,29,30,35)/t25?,28-/m1/s1. The molecule has 6 rings (SSSR count). The molecule has 8 nitrogen and oxygen atoms in total. The number of carbonyl (C=O) groups excluding carboxylic acids is 3. The largest absolute Gasteiger partial charge is 0.465 e. The predicted molar refractivity (Wildman–Crippen MR) is 134 cm³/mol. The molecule has 2 N–H and O–H groups in total. The minimum Gasteiger partial charge on any atom is -0.465 e. The van der Waals surface area contributed by atoms with Crippen molar-refractivity contribution in [1.82, 2.24) is 15.1 Å². The fraction of sp³-hybridized carbons (Fsp3) is 0.321. The Labute approximate surface area is 209 Å². The smallest absolute Gasteiger partial charge is 0.318 e. The van der Waals surface area contributed by atoms with Crippen LogP contribution in [0.4, 0.5) is 10.5 Å². The summed E-state index contributed by atoms with van der Waals surface area (Å²) in [4.78, 5) is 42.2. The maximum absolute atomic E-state index is 13.8. The zero-order valence-corrected chi connectivity index (χ0v) is 20.2. The Morgan fingerprint density at radius 2 is 2.03 bits per heavy atom. The van der Waals surface area contributed by atoms with Crippen molar-refractivity contribution in [3.63, 3.8) is 0 Å². The molecule has 3 aliphatic heterocycles. The summed E-state index contributed by atoms with van der Waals surface area (Å²) < 4.78 is 5.80. The minimum atomic E-state index is -0.834. The fourth-order valence-electron chi connectivity index (χ4n) is 6.16. The number of nitrogens with one attached hydrogen (secondary N) is 2.